The molecule has 1 aliphatic carbocycles. The minimum atomic E-state index is -0.326. The van der Waals surface area contributed by atoms with Crippen molar-refractivity contribution in [3.05, 3.63) is 0 Å². The van der Waals surface area contributed by atoms with Gasteiger partial charge < -0.3 is 15.4 Å². The molecule has 1 amide bonds. The quantitative estimate of drug-likeness (QED) is 0.731. The molecule has 1 atom stereocenters. The Morgan fingerprint density at radius 3 is 2.35 bits per heavy atom. The summed E-state index contributed by atoms with van der Waals surface area (Å²) in [4.78, 5) is 15.1. The molecule has 0 spiro atoms. The monoisotopic (exact) mass is 284 g/mol. The van der Waals surface area contributed by atoms with Crippen LogP contribution in [-0.4, -0.2) is 43.7 Å². The first-order valence-corrected chi connectivity index (χ1v) is 8.11. The first kappa shape index (κ1) is 17.4. The molecular weight excluding hydrogens is 252 g/mol. The van der Waals surface area contributed by atoms with E-state index in [1.165, 1.54) is 12.8 Å². The summed E-state index contributed by atoms with van der Waals surface area (Å²) in [6.45, 7) is 5.99. The van der Waals surface area contributed by atoms with Crippen LogP contribution < -0.4 is 5.73 Å². The van der Waals surface area contributed by atoms with Gasteiger partial charge in [-0.15, -0.1) is 0 Å². The summed E-state index contributed by atoms with van der Waals surface area (Å²) < 4.78 is 5.17. The number of carbonyl (C=O) groups excluding carboxylic acids is 1. The van der Waals surface area contributed by atoms with Crippen molar-refractivity contribution < 1.29 is 9.53 Å². The van der Waals surface area contributed by atoms with Crippen LogP contribution >= 0.6 is 0 Å². The van der Waals surface area contributed by atoms with Crippen molar-refractivity contribution in [3.8, 4) is 0 Å². The summed E-state index contributed by atoms with van der Waals surface area (Å²) in [7, 11) is 1.68. The Balaban J connectivity index is 2.87. The number of hydrogen-bond acceptors (Lipinski definition) is 3. The average Bonchev–Trinajstić information content (AvgIpc) is 2.73. The summed E-state index contributed by atoms with van der Waals surface area (Å²) in [5, 5.41) is 0. The van der Waals surface area contributed by atoms with Crippen LogP contribution in [0.3, 0.4) is 0 Å². The van der Waals surface area contributed by atoms with Crippen LogP contribution in [0.1, 0.15) is 58.8 Å². The van der Waals surface area contributed by atoms with Crippen molar-refractivity contribution in [2.75, 3.05) is 26.8 Å². The third-order valence-electron chi connectivity index (χ3n) is 4.83. The fraction of sp³-hybridized carbons (Fsp3) is 0.938. The van der Waals surface area contributed by atoms with Gasteiger partial charge in [0, 0.05) is 26.2 Å². The lowest BCUT2D eigenvalue weighted by Crippen LogP contribution is -2.51. The molecule has 0 bridgehead atoms. The number of amides is 1. The van der Waals surface area contributed by atoms with Crippen molar-refractivity contribution in [2.45, 2.75) is 64.8 Å². The van der Waals surface area contributed by atoms with Crippen molar-refractivity contribution in [2.24, 2.45) is 11.1 Å². The highest BCUT2D eigenvalue weighted by Crippen LogP contribution is 2.36. The number of carbonyl (C=O) groups is 1. The van der Waals surface area contributed by atoms with Gasteiger partial charge in [-0.2, -0.15) is 0 Å². The molecule has 2 N–H and O–H groups in total. The van der Waals surface area contributed by atoms with Crippen LogP contribution in [0.25, 0.3) is 0 Å². The number of nitrogens with zero attached hydrogens (tertiary/aromatic N) is 1. The number of nitrogens with two attached hydrogens (primary N) is 1. The van der Waals surface area contributed by atoms with Crippen molar-refractivity contribution >= 4 is 5.91 Å². The molecule has 0 heterocycles. The molecule has 118 valence electrons. The predicted molar refractivity (Wildman–Crippen MR) is 82.5 cm³/mol. The van der Waals surface area contributed by atoms with Crippen molar-refractivity contribution in [1.29, 1.82) is 0 Å². The van der Waals surface area contributed by atoms with Crippen LogP contribution in [-0.2, 0) is 9.53 Å². The van der Waals surface area contributed by atoms with Gasteiger partial charge in [-0.1, -0.05) is 32.6 Å². The van der Waals surface area contributed by atoms with Crippen LogP contribution in [0.15, 0.2) is 0 Å². The molecule has 0 aromatic heterocycles. The van der Waals surface area contributed by atoms with Crippen LogP contribution in [0, 0.1) is 5.41 Å². The SMILES string of the molecule is CCC(C)N(CCOC)C(=O)C1(CN)CCCCCC1. The van der Waals surface area contributed by atoms with E-state index >= 15 is 0 Å². The molecule has 0 aromatic rings. The second-order valence-corrected chi connectivity index (χ2v) is 6.15. The highest BCUT2D eigenvalue weighted by Gasteiger charge is 2.40. The zero-order chi connectivity index (χ0) is 15.0. The lowest BCUT2D eigenvalue weighted by atomic mass is 9.78. The minimum absolute atomic E-state index is 0.254. The van der Waals surface area contributed by atoms with E-state index in [2.05, 4.69) is 13.8 Å². The molecule has 20 heavy (non-hydrogen) atoms. The normalized spacial score (nSPS) is 20.2. The van der Waals surface area contributed by atoms with E-state index in [4.69, 9.17) is 10.5 Å². The van der Waals surface area contributed by atoms with E-state index in [0.29, 0.717) is 19.7 Å². The number of methoxy groups -OCH3 is 1. The Morgan fingerprint density at radius 2 is 1.90 bits per heavy atom. The van der Waals surface area contributed by atoms with Gasteiger partial charge in [0.25, 0.3) is 0 Å². The maximum absolute atomic E-state index is 13.1. The first-order valence-electron chi connectivity index (χ1n) is 8.11. The highest BCUT2D eigenvalue weighted by atomic mass is 16.5. The first-order chi connectivity index (χ1) is 9.61. The molecule has 1 unspecified atom stereocenters. The maximum Gasteiger partial charge on any atom is 0.230 e. The molecule has 1 rings (SSSR count). The van der Waals surface area contributed by atoms with E-state index < -0.39 is 0 Å². The Labute approximate surface area is 124 Å². The van der Waals surface area contributed by atoms with E-state index in [0.717, 1.165) is 32.1 Å². The van der Waals surface area contributed by atoms with Gasteiger partial charge in [-0.3, -0.25) is 4.79 Å². The van der Waals surface area contributed by atoms with Gasteiger partial charge in [-0.25, -0.2) is 0 Å². The largest absolute Gasteiger partial charge is 0.383 e. The van der Waals surface area contributed by atoms with E-state index in [1.807, 2.05) is 4.90 Å². The minimum Gasteiger partial charge on any atom is -0.383 e. The standard InChI is InChI=1S/C16H32N2O2/c1-4-14(2)18(11-12-20-3)15(19)16(13-17)9-7-5-6-8-10-16/h14H,4-13,17H2,1-3H3. The van der Waals surface area contributed by atoms with Crippen LogP contribution in [0.5, 0.6) is 0 Å². The van der Waals surface area contributed by atoms with Crippen LogP contribution in [0.2, 0.25) is 0 Å². The molecule has 4 nitrogen and oxygen atoms in total. The zero-order valence-corrected chi connectivity index (χ0v) is 13.5. The van der Waals surface area contributed by atoms with Gasteiger partial charge >= 0.3 is 0 Å². The van der Waals surface area contributed by atoms with E-state index in [9.17, 15) is 4.79 Å². The third-order valence-corrected chi connectivity index (χ3v) is 4.83. The summed E-state index contributed by atoms with van der Waals surface area (Å²) in [5.41, 5.74) is 5.71. The Kier molecular flexibility index (Phi) is 7.52. The Bertz CT molecular complexity index is 286. The molecule has 4 heteroatoms. The molecule has 0 saturated heterocycles. The van der Waals surface area contributed by atoms with Gasteiger partial charge in [0.2, 0.25) is 5.91 Å². The third kappa shape index (κ3) is 4.19. The zero-order valence-electron chi connectivity index (χ0n) is 13.5. The number of hydrogen-bond donors (Lipinski definition) is 1. The fourth-order valence-corrected chi connectivity index (χ4v) is 3.15. The van der Waals surface area contributed by atoms with Gasteiger partial charge in [0.1, 0.15) is 0 Å². The summed E-state index contributed by atoms with van der Waals surface area (Å²) >= 11 is 0. The predicted octanol–water partition coefficient (Wildman–Crippen LogP) is 2.56. The average molecular weight is 284 g/mol. The van der Waals surface area contributed by atoms with Crippen LogP contribution in [0.4, 0.5) is 0 Å². The summed E-state index contributed by atoms with van der Waals surface area (Å²) in [6.07, 6.45) is 7.58. The molecule has 0 aliphatic heterocycles. The second kappa shape index (κ2) is 8.63. The number of ether oxygens (including phenoxy) is 1. The summed E-state index contributed by atoms with van der Waals surface area (Å²) in [5.74, 6) is 0.258. The molecule has 1 aliphatic rings. The van der Waals surface area contributed by atoms with Crippen molar-refractivity contribution in [3.63, 3.8) is 0 Å². The second-order valence-electron chi connectivity index (χ2n) is 6.15. The Hall–Kier alpha value is -0.610. The number of rotatable bonds is 7. The molecular formula is C16H32N2O2. The van der Waals surface area contributed by atoms with E-state index in [1.54, 1.807) is 7.11 Å². The lowest BCUT2D eigenvalue weighted by molar-refractivity contribution is -0.145. The molecule has 1 saturated carbocycles. The molecule has 0 radical (unpaired) electrons. The molecule has 0 aromatic carbocycles. The van der Waals surface area contributed by atoms with Gasteiger partial charge in [0.15, 0.2) is 0 Å². The van der Waals surface area contributed by atoms with Gasteiger partial charge in [-0.05, 0) is 26.2 Å². The highest BCUT2D eigenvalue weighted by molar-refractivity contribution is 5.83. The smallest absolute Gasteiger partial charge is 0.230 e. The lowest BCUT2D eigenvalue weighted by Gasteiger charge is -2.38. The van der Waals surface area contributed by atoms with Crippen molar-refractivity contribution in [1.82, 2.24) is 4.90 Å². The van der Waals surface area contributed by atoms with Gasteiger partial charge in [0.05, 0.1) is 12.0 Å². The summed E-state index contributed by atoms with van der Waals surface area (Å²) in [6, 6.07) is 0.254. The topological polar surface area (TPSA) is 55.6 Å². The maximum atomic E-state index is 13.1. The van der Waals surface area contributed by atoms with E-state index in [-0.39, 0.29) is 17.4 Å². The fourth-order valence-electron chi connectivity index (χ4n) is 3.15. The molecule has 1 fully saturated rings. The Morgan fingerprint density at radius 1 is 1.30 bits per heavy atom.